The molecule has 1 aliphatic heterocycles. The molecule has 5 rings (SSSR count). The summed E-state index contributed by atoms with van der Waals surface area (Å²) in [6.45, 7) is 4.60. The molecule has 0 bridgehead atoms. The van der Waals surface area contributed by atoms with Crippen molar-refractivity contribution < 1.29 is 0 Å². The maximum Gasteiger partial charge on any atom is 0.141 e. The van der Waals surface area contributed by atoms with E-state index in [4.69, 9.17) is 4.98 Å². The van der Waals surface area contributed by atoms with Crippen LogP contribution in [0.2, 0.25) is 0 Å². The second kappa shape index (κ2) is 7.23. The first kappa shape index (κ1) is 17.2. The summed E-state index contributed by atoms with van der Waals surface area (Å²) in [6, 6.07) is 10.9. The lowest BCUT2D eigenvalue weighted by Gasteiger charge is -2.33. The molecule has 1 saturated heterocycles. The zero-order valence-corrected chi connectivity index (χ0v) is 16.8. The number of aromatic nitrogens is 2. The molecule has 4 heteroatoms. The van der Waals surface area contributed by atoms with Crippen LogP contribution in [0.15, 0.2) is 36.7 Å². The van der Waals surface area contributed by atoms with Crippen LogP contribution < -0.4 is 4.90 Å². The van der Waals surface area contributed by atoms with Crippen LogP contribution in [0.25, 0.3) is 10.2 Å². The Labute approximate surface area is 165 Å². The summed E-state index contributed by atoms with van der Waals surface area (Å²) in [4.78, 5) is 14.7. The van der Waals surface area contributed by atoms with Gasteiger partial charge in [0.05, 0.1) is 5.39 Å². The van der Waals surface area contributed by atoms with Crippen LogP contribution in [0.5, 0.6) is 0 Å². The van der Waals surface area contributed by atoms with Crippen LogP contribution in [0.3, 0.4) is 0 Å². The maximum absolute atomic E-state index is 4.76. The number of thiophene rings is 1. The van der Waals surface area contributed by atoms with Gasteiger partial charge in [0.2, 0.25) is 0 Å². The first-order chi connectivity index (χ1) is 13.3. The smallest absolute Gasteiger partial charge is 0.141 e. The largest absolute Gasteiger partial charge is 0.356 e. The van der Waals surface area contributed by atoms with E-state index in [-0.39, 0.29) is 0 Å². The van der Waals surface area contributed by atoms with E-state index in [0.29, 0.717) is 0 Å². The van der Waals surface area contributed by atoms with Crippen molar-refractivity contribution in [1.82, 2.24) is 9.97 Å². The van der Waals surface area contributed by atoms with Crippen molar-refractivity contribution in [2.75, 3.05) is 18.0 Å². The number of hydrogen-bond acceptors (Lipinski definition) is 4. The molecule has 140 valence electrons. The Morgan fingerprint density at radius 2 is 1.89 bits per heavy atom. The maximum atomic E-state index is 4.76. The van der Waals surface area contributed by atoms with Gasteiger partial charge in [0.25, 0.3) is 0 Å². The third-order valence-corrected chi connectivity index (χ3v) is 7.52. The number of aryl methyl sites for hydroxylation is 1. The summed E-state index contributed by atoms with van der Waals surface area (Å²) < 4.78 is 0. The van der Waals surface area contributed by atoms with E-state index in [1.165, 1.54) is 60.1 Å². The van der Waals surface area contributed by atoms with Gasteiger partial charge in [-0.1, -0.05) is 37.3 Å². The lowest BCUT2D eigenvalue weighted by Crippen LogP contribution is -2.35. The van der Waals surface area contributed by atoms with E-state index in [1.54, 1.807) is 16.8 Å². The van der Waals surface area contributed by atoms with Gasteiger partial charge >= 0.3 is 0 Å². The topological polar surface area (TPSA) is 29.0 Å². The van der Waals surface area contributed by atoms with E-state index in [2.05, 4.69) is 47.1 Å². The van der Waals surface area contributed by atoms with Gasteiger partial charge < -0.3 is 4.90 Å². The van der Waals surface area contributed by atoms with E-state index >= 15 is 0 Å². The second-order valence-corrected chi connectivity index (χ2v) is 9.43. The highest BCUT2D eigenvalue weighted by Gasteiger charge is 2.27. The molecule has 3 heterocycles. The molecule has 1 aromatic carbocycles. The average molecular weight is 378 g/mol. The molecule has 27 heavy (non-hydrogen) atoms. The van der Waals surface area contributed by atoms with Crippen LogP contribution in [0, 0.1) is 11.8 Å². The van der Waals surface area contributed by atoms with Crippen LogP contribution in [-0.4, -0.2) is 23.1 Å². The molecular weight excluding hydrogens is 350 g/mol. The standard InChI is InChI=1S/C23H27N3S/c1-16-7-8-19-20(13-16)27-23-21(19)22(24-15-25-23)26-11-9-18(10-12-26)14-17-5-3-2-4-6-17/h2-6,15-16,18H,7-14H2,1H3/t16-/m1/s1. The third-order valence-electron chi connectivity index (χ3n) is 6.35. The summed E-state index contributed by atoms with van der Waals surface area (Å²) in [6.07, 6.45) is 9.20. The molecule has 0 N–H and O–H groups in total. The molecule has 3 nitrogen and oxygen atoms in total. The third kappa shape index (κ3) is 3.36. The van der Waals surface area contributed by atoms with E-state index in [0.717, 1.165) is 24.9 Å². The second-order valence-electron chi connectivity index (χ2n) is 8.35. The van der Waals surface area contributed by atoms with E-state index in [1.807, 2.05) is 11.3 Å². The van der Waals surface area contributed by atoms with Gasteiger partial charge in [0, 0.05) is 18.0 Å². The Kier molecular flexibility index (Phi) is 4.60. The van der Waals surface area contributed by atoms with Crippen molar-refractivity contribution in [1.29, 1.82) is 0 Å². The molecule has 1 atom stereocenters. The lowest BCUT2D eigenvalue weighted by molar-refractivity contribution is 0.402. The van der Waals surface area contributed by atoms with Gasteiger partial charge in [-0.15, -0.1) is 11.3 Å². The number of anilines is 1. The molecule has 0 radical (unpaired) electrons. The Hall–Kier alpha value is -1.94. The van der Waals surface area contributed by atoms with Crippen LogP contribution in [0.4, 0.5) is 5.82 Å². The first-order valence-electron chi connectivity index (χ1n) is 10.3. The Morgan fingerprint density at radius 1 is 1.07 bits per heavy atom. The predicted octanol–water partition coefficient (Wildman–Crippen LogP) is 5.28. The number of piperidine rings is 1. The van der Waals surface area contributed by atoms with Gasteiger partial charge in [0.1, 0.15) is 17.0 Å². The minimum absolute atomic E-state index is 0.790. The van der Waals surface area contributed by atoms with Gasteiger partial charge in [-0.2, -0.15) is 0 Å². The number of benzene rings is 1. The van der Waals surface area contributed by atoms with Crippen molar-refractivity contribution in [3.05, 3.63) is 52.7 Å². The quantitative estimate of drug-likeness (QED) is 0.622. The lowest BCUT2D eigenvalue weighted by atomic mass is 9.88. The van der Waals surface area contributed by atoms with Crippen molar-refractivity contribution in [3.8, 4) is 0 Å². The zero-order valence-electron chi connectivity index (χ0n) is 16.0. The van der Waals surface area contributed by atoms with Crippen molar-refractivity contribution in [2.45, 2.75) is 45.4 Å². The number of hydrogen-bond donors (Lipinski definition) is 0. The number of fused-ring (bicyclic) bond motifs is 3. The molecule has 0 unspecified atom stereocenters. The fraction of sp³-hybridized carbons (Fsp3) is 0.478. The number of nitrogens with zero attached hydrogens (tertiary/aromatic N) is 3. The fourth-order valence-corrected chi connectivity index (χ4v) is 6.14. The SMILES string of the molecule is C[C@@H]1CCc2c(sc3ncnc(N4CCC(Cc5ccccc5)CC4)c23)C1. The highest BCUT2D eigenvalue weighted by molar-refractivity contribution is 7.19. The van der Waals surface area contributed by atoms with Crippen LogP contribution in [0.1, 0.15) is 42.2 Å². The minimum atomic E-state index is 0.790. The van der Waals surface area contributed by atoms with E-state index < -0.39 is 0 Å². The van der Waals surface area contributed by atoms with Gasteiger partial charge in [-0.3, -0.25) is 0 Å². The zero-order chi connectivity index (χ0) is 18.2. The number of rotatable bonds is 3. The molecule has 0 spiro atoms. The minimum Gasteiger partial charge on any atom is -0.356 e. The van der Waals surface area contributed by atoms with E-state index in [9.17, 15) is 0 Å². The molecular formula is C23H27N3S. The Bertz CT molecular complexity index is 925. The summed E-state index contributed by atoms with van der Waals surface area (Å²) in [7, 11) is 0. The Morgan fingerprint density at radius 3 is 2.70 bits per heavy atom. The Balaban J connectivity index is 1.36. The molecule has 2 aromatic heterocycles. The summed E-state index contributed by atoms with van der Waals surface area (Å²) >= 11 is 1.91. The van der Waals surface area contributed by atoms with Crippen molar-refractivity contribution in [2.24, 2.45) is 11.8 Å². The highest BCUT2D eigenvalue weighted by atomic mass is 32.1. The predicted molar refractivity (Wildman–Crippen MR) is 114 cm³/mol. The molecule has 3 aromatic rings. The summed E-state index contributed by atoms with van der Waals surface area (Å²) in [5, 5.41) is 1.37. The highest BCUT2D eigenvalue weighted by Crippen LogP contribution is 2.41. The van der Waals surface area contributed by atoms with Gasteiger partial charge in [-0.25, -0.2) is 9.97 Å². The average Bonchev–Trinajstić information content (AvgIpc) is 3.07. The van der Waals surface area contributed by atoms with Crippen LogP contribution in [-0.2, 0) is 19.3 Å². The van der Waals surface area contributed by atoms with Crippen LogP contribution >= 0.6 is 11.3 Å². The monoisotopic (exact) mass is 377 g/mol. The fourth-order valence-electron chi connectivity index (χ4n) is 4.79. The summed E-state index contributed by atoms with van der Waals surface area (Å²) in [5.41, 5.74) is 3.02. The van der Waals surface area contributed by atoms with Gasteiger partial charge in [0.15, 0.2) is 0 Å². The molecule has 0 amide bonds. The summed E-state index contributed by atoms with van der Waals surface area (Å²) in [5.74, 6) is 2.79. The molecule has 2 aliphatic rings. The molecule has 1 fully saturated rings. The normalized spacial score (nSPS) is 20.8. The van der Waals surface area contributed by atoms with Crippen molar-refractivity contribution >= 4 is 27.4 Å². The van der Waals surface area contributed by atoms with Crippen molar-refractivity contribution in [3.63, 3.8) is 0 Å². The van der Waals surface area contributed by atoms with Gasteiger partial charge in [-0.05, 0) is 61.5 Å². The first-order valence-corrected chi connectivity index (χ1v) is 11.1. The molecule has 0 saturated carbocycles. The molecule has 1 aliphatic carbocycles.